The molecule has 0 spiro atoms. The van der Waals surface area contributed by atoms with Gasteiger partial charge < -0.3 is 14.4 Å². The Bertz CT molecular complexity index is 719. The molecular weight excluding hydrogens is 316 g/mol. The third-order valence-corrected chi connectivity index (χ3v) is 5.77. The molecular formula is C19H26N4O2. The molecule has 1 aliphatic carbocycles. The van der Waals surface area contributed by atoms with E-state index in [0.717, 1.165) is 31.6 Å². The second kappa shape index (κ2) is 6.32. The van der Waals surface area contributed by atoms with Crippen molar-refractivity contribution in [3.05, 3.63) is 29.9 Å². The lowest BCUT2D eigenvalue weighted by atomic mass is 9.86. The van der Waals surface area contributed by atoms with Crippen LogP contribution in [-0.2, 0) is 16.6 Å². The highest BCUT2D eigenvalue weighted by Crippen LogP contribution is 2.43. The Labute approximate surface area is 148 Å². The van der Waals surface area contributed by atoms with Crippen LogP contribution < -0.4 is 0 Å². The van der Waals surface area contributed by atoms with E-state index in [-0.39, 0.29) is 29.8 Å². The van der Waals surface area contributed by atoms with Crippen LogP contribution in [0, 0.1) is 5.92 Å². The largest absolute Gasteiger partial charge is 0.338 e. The Morgan fingerprint density at radius 1 is 1.24 bits per heavy atom. The monoisotopic (exact) mass is 342 g/mol. The summed E-state index contributed by atoms with van der Waals surface area (Å²) in [6.45, 7) is 3.58. The first kappa shape index (κ1) is 16.4. The summed E-state index contributed by atoms with van der Waals surface area (Å²) in [6.07, 6.45) is 9.91. The van der Waals surface area contributed by atoms with E-state index >= 15 is 0 Å². The van der Waals surface area contributed by atoms with Crippen molar-refractivity contribution >= 4 is 11.8 Å². The molecule has 6 nitrogen and oxygen atoms in total. The number of piperidine rings is 1. The molecule has 2 aliphatic heterocycles. The molecule has 0 N–H and O–H groups in total. The maximum atomic E-state index is 13.3. The molecule has 0 unspecified atom stereocenters. The fourth-order valence-corrected chi connectivity index (χ4v) is 4.13. The first-order chi connectivity index (χ1) is 12.1. The number of rotatable bonds is 3. The van der Waals surface area contributed by atoms with Gasteiger partial charge in [-0.2, -0.15) is 0 Å². The van der Waals surface area contributed by atoms with Crippen molar-refractivity contribution in [2.24, 2.45) is 13.0 Å². The minimum absolute atomic E-state index is 0.175. The second-order valence-electron chi connectivity index (χ2n) is 7.60. The van der Waals surface area contributed by atoms with E-state index in [0.29, 0.717) is 19.4 Å². The zero-order valence-corrected chi connectivity index (χ0v) is 15.0. The zero-order chi connectivity index (χ0) is 17.6. The Morgan fingerprint density at radius 3 is 2.64 bits per heavy atom. The molecule has 25 heavy (non-hydrogen) atoms. The van der Waals surface area contributed by atoms with E-state index in [2.05, 4.69) is 18.0 Å². The van der Waals surface area contributed by atoms with Crippen molar-refractivity contribution in [2.75, 3.05) is 13.1 Å². The van der Waals surface area contributed by atoms with E-state index < -0.39 is 0 Å². The van der Waals surface area contributed by atoms with E-state index in [9.17, 15) is 9.59 Å². The van der Waals surface area contributed by atoms with E-state index in [4.69, 9.17) is 0 Å². The molecule has 134 valence electrons. The average molecular weight is 342 g/mol. The summed E-state index contributed by atoms with van der Waals surface area (Å²) in [4.78, 5) is 34.4. The summed E-state index contributed by atoms with van der Waals surface area (Å²) in [5.74, 6) is 0.997. The first-order valence-corrected chi connectivity index (χ1v) is 9.29. The maximum absolute atomic E-state index is 13.3. The van der Waals surface area contributed by atoms with Crippen molar-refractivity contribution in [1.82, 2.24) is 19.4 Å². The summed E-state index contributed by atoms with van der Waals surface area (Å²) in [6, 6.07) is 0.0570. The van der Waals surface area contributed by atoms with Gasteiger partial charge >= 0.3 is 0 Å². The molecule has 1 saturated heterocycles. The van der Waals surface area contributed by atoms with Crippen LogP contribution in [0.2, 0.25) is 0 Å². The van der Waals surface area contributed by atoms with Gasteiger partial charge in [-0.05, 0) is 32.6 Å². The van der Waals surface area contributed by atoms with Gasteiger partial charge in [0.1, 0.15) is 11.9 Å². The number of carbonyl (C=O) groups is 2. The van der Waals surface area contributed by atoms with Gasteiger partial charge in [0.15, 0.2) is 0 Å². The van der Waals surface area contributed by atoms with Crippen LogP contribution in [0.15, 0.2) is 24.0 Å². The predicted octanol–water partition coefficient (Wildman–Crippen LogP) is 2.04. The summed E-state index contributed by atoms with van der Waals surface area (Å²) in [5, 5.41) is 0. The fourth-order valence-electron chi connectivity index (χ4n) is 4.13. The summed E-state index contributed by atoms with van der Waals surface area (Å²) in [7, 11) is 1.95. The van der Waals surface area contributed by atoms with Crippen LogP contribution in [0.5, 0.6) is 0 Å². The number of carbonyl (C=O) groups excluding carboxylic acids is 2. The zero-order valence-electron chi connectivity index (χ0n) is 15.0. The minimum Gasteiger partial charge on any atom is -0.338 e. The summed E-state index contributed by atoms with van der Waals surface area (Å²) in [5.41, 5.74) is 1.35. The smallest absolute Gasteiger partial charge is 0.228 e. The van der Waals surface area contributed by atoms with Gasteiger partial charge in [-0.25, -0.2) is 4.98 Å². The maximum Gasteiger partial charge on any atom is 0.228 e. The molecule has 0 aromatic carbocycles. The van der Waals surface area contributed by atoms with Crippen molar-refractivity contribution in [3.63, 3.8) is 0 Å². The van der Waals surface area contributed by atoms with Gasteiger partial charge in [0, 0.05) is 45.0 Å². The van der Waals surface area contributed by atoms with Crippen LogP contribution >= 0.6 is 0 Å². The van der Waals surface area contributed by atoms with Gasteiger partial charge in [0.05, 0.1) is 5.92 Å². The third kappa shape index (κ3) is 2.98. The number of aromatic nitrogens is 2. The molecule has 3 aliphatic rings. The lowest BCUT2D eigenvalue weighted by Gasteiger charge is -2.42. The molecule has 0 radical (unpaired) electrons. The van der Waals surface area contributed by atoms with Gasteiger partial charge in [-0.1, -0.05) is 11.6 Å². The molecule has 1 aromatic heterocycles. The van der Waals surface area contributed by atoms with Gasteiger partial charge in [0.25, 0.3) is 0 Å². The average Bonchev–Trinajstić information content (AvgIpc) is 3.35. The first-order valence-electron chi connectivity index (χ1n) is 9.29. The fraction of sp³-hybridized carbons (Fsp3) is 0.632. The Morgan fingerprint density at radius 2 is 2.04 bits per heavy atom. The highest BCUT2D eigenvalue weighted by molar-refractivity contribution is 5.85. The van der Waals surface area contributed by atoms with Crippen molar-refractivity contribution in [1.29, 1.82) is 0 Å². The van der Waals surface area contributed by atoms with Crippen molar-refractivity contribution in [2.45, 2.75) is 51.1 Å². The van der Waals surface area contributed by atoms with Crippen molar-refractivity contribution in [3.8, 4) is 0 Å². The number of imidazole rings is 1. The van der Waals surface area contributed by atoms with Crippen LogP contribution in [0.25, 0.3) is 0 Å². The number of hydrogen-bond donors (Lipinski definition) is 0. The van der Waals surface area contributed by atoms with Gasteiger partial charge in [0.2, 0.25) is 11.8 Å². The molecule has 4 rings (SSSR count). The molecule has 1 saturated carbocycles. The number of nitrogens with zero attached hydrogens (tertiary/aromatic N) is 4. The second-order valence-corrected chi connectivity index (χ2v) is 7.60. The molecule has 6 heteroatoms. The minimum atomic E-state index is -0.228. The van der Waals surface area contributed by atoms with Crippen molar-refractivity contribution < 1.29 is 9.59 Å². The van der Waals surface area contributed by atoms with E-state index in [1.807, 2.05) is 27.6 Å². The van der Waals surface area contributed by atoms with Gasteiger partial charge in [-0.3, -0.25) is 9.59 Å². The molecule has 2 atom stereocenters. The van der Waals surface area contributed by atoms with Crippen LogP contribution in [-0.4, -0.2) is 50.3 Å². The molecule has 3 heterocycles. The standard InChI is InChI=1S/C19H26N4O2/c1-13-7-10-22(11-8-13)19(25)15-5-6-16(24)23(14-3-4-14)17(15)18-20-9-12-21(18)2/h7,9,12,14-15,17H,3-6,8,10-11H2,1-2H3/t15-,17-/m0/s1. The molecule has 0 bridgehead atoms. The number of aryl methyl sites for hydroxylation is 1. The summed E-state index contributed by atoms with van der Waals surface area (Å²) < 4.78 is 1.96. The lowest BCUT2D eigenvalue weighted by Crippen LogP contribution is -2.51. The predicted molar refractivity (Wildman–Crippen MR) is 93.5 cm³/mol. The van der Waals surface area contributed by atoms with Crippen LogP contribution in [0.3, 0.4) is 0 Å². The lowest BCUT2D eigenvalue weighted by molar-refractivity contribution is -0.149. The quantitative estimate of drug-likeness (QED) is 0.790. The Balaban J connectivity index is 1.66. The topological polar surface area (TPSA) is 58.4 Å². The van der Waals surface area contributed by atoms with Crippen LogP contribution in [0.4, 0.5) is 0 Å². The summed E-state index contributed by atoms with van der Waals surface area (Å²) >= 11 is 0. The van der Waals surface area contributed by atoms with Gasteiger partial charge in [-0.15, -0.1) is 0 Å². The number of amides is 2. The third-order valence-electron chi connectivity index (χ3n) is 5.77. The molecule has 1 aromatic rings. The highest BCUT2D eigenvalue weighted by atomic mass is 16.2. The van der Waals surface area contributed by atoms with E-state index in [1.165, 1.54) is 5.57 Å². The highest BCUT2D eigenvalue weighted by Gasteiger charge is 2.48. The normalized spacial score (nSPS) is 27.4. The Hall–Kier alpha value is -2.11. The van der Waals surface area contributed by atoms with E-state index in [1.54, 1.807) is 6.20 Å². The molecule has 2 amide bonds. The number of hydrogen-bond acceptors (Lipinski definition) is 3. The molecule has 2 fully saturated rings. The Kier molecular flexibility index (Phi) is 4.13. The SMILES string of the molecule is CC1=CCN(C(=O)[C@H]2CCC(=O)N(C3CC3)[C@@H]2c2nccn2C)CC1. The number of likely N-dealkylation sites (tertiary alicyclic amines) is 1. The van der Waals surface area contributed by atoms with Crippen LogP contribution in [0.1, 0.15) is 50.9 Å².